The van der Waals surface area contributed by atoms with Gasteiger partial charge in [0.1, 0.15) is 18.6 Å². The van der Waals surface area contributed by atoms with Gasteiger partial charge in [0, 0.05) is 10.4 Å². The minimum absolute atomic E-state index is 0.0947. The van der Waals surface area contributed by atoms with Crippen LogP contribution in [0.15, 0.2) is 53.0 Å². The summed E-state index contributed by atoms with van der Waals surface area (Å²) in [6.07, 6.45) is 2.66. The van der Waals surface area contributed by atoms with Crippen LogP contribution in [0.25, 0.3) is 0 Å². The van der Waals surface area contributed by atoms with Gasteiger partial charge in [-0.15, -0.1) is 11.6 Å². The van der Waals surface area contributed by atoms with Crippen molar-refractivity contribution in [2.24, 2.45) is 0 Å². The smallest absolute Gasteiger partial charge is 0.127 e. The molecule has 0 aliphatic heterocycles. The predicted octanol–water partition coefficient (Wildman–Crippen LogP) is 4.98. The number of halogens is 2. The van der Waals surface area contributed by atoms with Crippen molar-refractivity contribution in [3.05, 3.63) is 64.1 Å². The van der Waals surface area contributed by atoms with Crippen molar-refractivity contribution in [2.75, 3.05) is 12.5 Å². The third kappa shape index (κ3) is 4.85. The van der Waals surface area contributed by atoms with E-state index in [0.717, 1.165) is 34.9 Å². The molecule has 1 atom stereocenters. The van der Waals surface area contributed by atoms with Crippen LogP contribution in [-0.2, 0) is 11.2 Å². The first-order valence-electron chi connectivity index (χ1n) is 7.22. The summed E-state index contributed by atoms with van der Waals surface area (Å²) >= 11 is 9.10. The number of rotatable bonds is 8. The second-order valence-electron chi connectivity index (χ2n) is 4.98. The lowest BCUT2D eigenvalue weighted by Crippen LogP contribution is -2.03. The second kappa shape index (κ2) is 8.96. The third-order valence-corrected chi connectivity index (χ3v) is 4.36. The Labute approximate surface area is 144 Å². The molecule has 0 spiro atoms. The molecule has 0 aliphatic rings. The van der Waals surface area contributed by atoms with Crippen molar-refractivity contribution in [3.63, 3.8) is 0 Å². The monoisotopic (exact) mass is 380 g/mol. The molecule has 4 heteroatoms. The molecule has 0 radical (unpaired) electrons. The summed E-state index contributed by atoms with van der Waals surface area (Å²) in [5, 5.41) is 0. The zero-order chi connectivity index (χ0) is 15.8. The molecular weight excluding hydrogens is 364 g/mol. The quantitative estimate of drug-likeness (QED) is 0.476. The Morgan fingerprint density at radius 1 is 1.14 bits per heavy atom. The highest BCUT2D eigenvalue weighted by Crippen LogP contribution is 2.27. The van der Waals surface area contributed by atoms with Crippen LogP contribution in [0.5, 0.6) is 5.75 Å². The standard InChI is InChI=1S/C18H18BrClO2/c19-18-4-2-1-3-17(18)15(13-21)8-5-14-6-9-16(10-7-14)22-12-11-20/h1-4,6-7,9-10,13,15H,5,8,11-12H2/t15-/m1/s1. The van der Waals surface area contributed by atoms with Crippen molar-refractivity contribution in [1.29, 1.82) is 0 Å². The highest BCUT2D eigenvalue weighted by atomic mass is 79.9. The van der Waals surface area contributed by atoms with E-state index < -0.39 is 0 Å². The van der Waals surface area contributed by atoms with Gasteiger partial charge in [-0.2, -0.15) is 0 Å². The molecule has 116 valence electrons. The average molecular weight is 382 g/mol. The molecule has 2 aromatic rings. The SMILES string of the molecule is O=C[C@@H](CCc1ccc(OCCCl)cc1)c1ccccc1Br. The summed E-state index contributed by atoms with van der Waals surface area (Å²) in [6.45, 7) is 0.510. The molecule has 0 saturated heterocycles. The van der Waals surface area contributed by atoms with E-state index in [2.05, 4.69) is 15.9 Å². The van der Waals surface area contributed by atoms with Gasteiger partial charge in [0.15, 0.2) is 0 Å². The molecular formula is C18H18BrClO2. The number of ether oxygens (including phenoxy) is 1. The molecule has 0 heterocycles. The number of benzene rings is 2. The van der Waals surface area contributed by atoms with Crippen LogP contribution in [0, 0.1) is 0 Å². The predicted molar refractivity (Wildman–Crippen MR) is 93.9 cm³/mol. The third-order valence-electron chi connectivity index (χ3n) is 3.48. The van der Waals surface area contributed by atoms with E-state index in [1.165, 1.54) is 5.56 Å². The largest absolute Gasteiger partial charge is 0.492 e. The van der Waals surface area contributed by atoms with Gasteiger partial charge < -0.3 is 9.53 Å². The van der Waals surface area contributed by atoms with E-state index in [0.29, 0.717) is 12.5 Å². The van der Waals surface area contributed by atoms with Crippen molar-refractivity contribution in [1.82, 2.24) is 0 Å². The van der Waals surface area contributed by atoms with Crippen LogP contribution in [0.4, 0.5) is 0 Å². The lowest BCUT2D eigenvalue weighted by molar-refractivity contribution is -0.109. The molecule has 0 unspecified atom stereocenters. The van der Waals surface area contributed by atoms with E-state index in [4.69, 9.17) is 16.3 Å². The Balaban J connectivity index is 1.96. The number of aryl methyl sites for hydroxylation is 1. The van der Waals surface area contributed by atoms with Gasteiger partial charge in [-0.3, -0.25) is 0 Å². The Morgan fingerprint density at radius 2 is 1.86 bits per heavy atom. The van der Waals surface area contributed by atoms with Crippen LogP contribution in [0.1, 0.15) is 23.5 Å². The summed E-state index contributed by atoms with van der Waals surface area (Å²) < 4.78 is 6.43. The van der Waals surface area contributed by atoms with E-state index in [9.17, 15) is 4.79 Å². The number of carbonyl (C=O) groups is 1. The number of aldehydes is 1. The first-order valence-corrected chi connectivity index (χ1v) is 8.54. The van der Waals surface area contributed by atoms with E-state index in [-0.39, 0.29) is 5.92 Å². The summed E-state index contributed by atoms with van der Waals surface area (Å²) in [6, 6.07) is 15.8. The Bertz CT molecular complexity index is 598. The Kier molecular flexibility index (Phi) is 6.94. The maximum Gasteiger partial charge on any atom is 0.127 e. The molecule has 0 N–H and O–H groups in total. The molecule has 2 rings (SSSR count). The molecule has 0 fully saturated rings. The maximum atomic E-state index is 11.4. The lowest BCUT2D eigenvalue weighted by Gasteiger charge is -2.13. The first kappa shape index (κ1) is 17.0. The summed E-state index contributed by atoms with van der Waals surface area (Å²) in [7, 11) is 0. The van der Waals surface area contributed by atoms with Crippen LogP contribution >= 0.6 is 27.5 Å². The van der Waals surface area contributed by atoms with Gasteiger partial charge in [0.25, 0.3) is 0 Å². The first-order chi connectivity index (χ1) is 10.7. The van der Waals surface area contributed by atoms with Crippen LogP contribution in [0.3, 0.4) is 0 Å². The van der Waals surface area contributed by atoms with Gasteiger partial charge >= 0.3 is 0 Å². The van der Waals surface area contributed by atoms with Gasteiger partial charge in [0.2, 0.25) is 0 Å². The average Bonchev–Trinajstić information content (AvgIpc) is 2.56. The highest BCUT2D eigenvalue weighted by Gasteiger charge is 2.13. The maximum absolute atomic E-state index is 11.4. The summed E-state index contributed by atoms with van der Waals surface area (Å²) in [5.74, 6) is 1.21. The zero-order valence-corrected chi connectivity index (χ0v) is 14.5. The topological polar surface area (TPSA) is 26.3 Å². The van der Waals surface area contributed by atoms with E-state index in [1.54, 1.807) is 0 Å². The second-order valence-corrected chi connectivity index (χ2v) is 6.22. The van der Waals surface area contributed by atoms with Gasteiger partial charge in [-0.25, -0.2) is 0 Å². The molecule has 0 aliphatic carbocycles. The number of hydrogen-bond acceptors (Lipinski definition) is 2. The number of hydrogen-bond donors (Lipinski definition) is 0. The lowest BCUT2D eigenvalue weighted by atomic mass is 9.93. The molecule has 2 nitrogen and oxygen atoms in total. The van der Waals surface area contributed by atoms with Crippen molar-refractivity contribution in [2.45, 2.75) is 18.8 Å². The molecule has 0 bridgehead atoms. The van der Waals surface area contributed by atoms with Crippen LogP contribution in [0.2, 0.25) is 0 Å². The van der Waals surface area contributed by atoms with Crippen molar-refractivity contribution in [3.8, 4) is 5.75 Å². The molecule has 2 aromatic carbocycles. The zero-order valence-electron chi connectivity index (χ0n) is 12.2. The van der Waals surface area contributed by atoms with E-state index in [1.807, 2.05) is 48.5 Å². The minimum atomic E-state index is -0.0947. The Hall–Kier alpha value is -1.32. The number of carbonyl (C=O) groups excluding carboxylic acids is 1. The fourth-order valence-electron chi connectivity index (χ4n) is 2.30. The normalized spacial score (nSPS) is 11.9. The molecule has 0 aromatic heterocycles. The van der Waals surface area contributed by atoms with Crippen LogP contribution < -0.4 is 4.74 Å². The fourth-order valence-corrected chi connectivity index (χ4v) is 2.96. The van der Waals surface area contributed by atoms with E-state index >= 15 is 0 Å². The van der Waals surface area contributed by atoms with Gasteiger partial charge in [0.05, 0.1) is 5.88 Å². The van der Waals surface area contributed by atoms with Crippen molar-refractivity contribution >= 4 is 33.8 Å². The van der Waals surface area contributed by atoms with Gasteiger partial charge in [-0.05, 0) is 42.2 Å². The van der Waals surface area contributed by atoms with Crippen LogP contribution in [-0.4, -0.2) is 18.8 Å². The summed E-state index contributed by atoms with van der Waals surface area (Å²) in [4.78, 5) is 11.4. The molecule has 22 heavy (non-hydrogen) atoms. The fraction of sp³-hybridized carbons (Fsp3) is 0.278. The number of alkyl halides is 1. The molecule has 0 amide bonds. The summed E-state index contributed by atoms with van der Waals surface area (Å²) in [5.41, 5.74) is 2.23. The minimum Gasteiger partial charge on any atom is -0.492 e. The Morgan fingerprint density at radius 3 is 2.50 bits per heavy atom. The van der Waals surface area contributed by atoms with Gasteiger partial charge in [-0.1, -0.05) is 46.3 Å². The molecule has 0 saturated carbocycles. The highest BCUT2D eigenvalue weighted by molar-refractivity contribution is 9.10. The van der Waals surface area contributed by atoms with Crippen molar-refractivity contribution < 1.29 is 9.53 Å².